The number of aromatic nitrogens is 1. The van der Waals surface area contributed by atoms with Crippen LogP contribution in [0.5, 0.6) is 0 Å². The zero-order chi connectivity index (χ0) is 12.3. The van der Waals surface area contributed by atoms with E-state index in [4.69, 9.17) is 5.26 Å². The lowest BCUT2D eigenvalue weighted by Crippen LogP contribution is -2.27. The van der Waals surface area contributed by atoms with E-state index in [9.17, 15) is 5.11 Å². The summed E-state index contributed by atoms with van der Waals surface area (Å²) in [7, 11) is 0. The van der Waals surface area contributed by atoms with E-state index >= 15 is 0 Å². The molecule has 1 fully saturated rings. The molecule has 17 heavy (non-hydrogen) atoms. The van der Waals surface area contributed by atoms with Gasteiger partial charge in [-0.3, -0.25) is 0 Å². The van der Waals surface area contributed by atoms with Gasteiger partial charge in [-0.05, 0) is 31.4 Å². The van der Waals surface area contributed by atoms with Gasteiger partial charge in [0.15, 0.2) is 0 Å². The molecule has 1 heterocycles. The van der Waals surface area contributed by atoms with E-state index in [1.165, 1.54) is 12.8 Å². The molecule has 1 atom stereocenters. The third kappa shape index (κ3) is 2.95. The first-order valence-electron chi connectivity index (χ1n) is 6.00. The van der Waals surface area contributed by atoms with E-state index in [0.717, 1.165) is 17.9 Å². The maximum Gasteiger partial charge on any atom is 0.128 e. The molecule has 0 bridgehead atoms. The molecule has 1 saturated carbocycles. The molecule has 0 amide bonds. The van der Waals surface area contributed by atoms with Gasteiger partial charge in [0.25, 0.3) is 0 Å². The first-order chi connectivity index (χ1) is 8.22. The summed E-state index contributed by atoms with van der Waals surface area (Å²) in [5.74, 6) is 0.909. The average Bonchev–Trinajstić information content (AvgIpc) is 3.14. The first kappa shape index (κ1) is 11.9. The molecule has 1 aliphatic carbocycles. The molecule has 90 valence electrons. The number of anilines is 1. The van der Waals surface area contributed by atoms with Crippen LogP contribution < -0.4 is 4.90 Å². The molecular weight excluding hydrogens is 214 g/mol. The Hall–Kier alpha value is -1.60. The summed E-state index contributed by atoms with van der Waals surface area (Å²) < 4.78 is 0. The Kier molecular flexibility index (Phi) is 3.60. The van der Waals surface area contributed by atoms with E-state index in [1.54, 1.807) is 13.1 Å². The number of aliphatic hydroxyl groups is 1. The highest BCUT2D eigenvalue weighted by Gasteiger charge is 2.29. The Balaban J connectivity index is 2.10. The highest BCUT2D eigenvalue weighted by molar-refractivity contribution is 5.42. The van der Waals surface area contributed by atoms with Crippen LogP contribution in [0.15, 0.2) is 18.3 Å². The second kappa shape index (κ2) is 5.15. The summed E-state index contributed by atoms with van der Waals surface area (Å²) in [6.45, 7) is 2.47. The van der Waals surface area contributed by atoms with E-state index < -0.39 is 6.10 Å². The lowest BCUT2D eigenvalue weighted by atomic mass is 10.2. The van der Waals surface area contributed by atoms with Gasteiger partial charge in [0, 0.05) is 18.8 Å². The summed E-state index contributed by atoms with van der Waals surface area (Å²) in [5.41, 5.74) is 0.824. The number of pyridine rings is 1. The van der Waals surface area contributed by atoms with Crippen molar-refractivity contribution in [1.82, 2.24) is 4.98 Å². The van der Waals surface area contributed by atoms with Crippen molar-refractivity contribution in [2.45, 2.75) is 38.3 Å². The predicted molar refractivity (Wildman–Crippen MR) is 65.5 cm³/mol. The molecule has 4 heteroatoms. The molecule has 0 aromatic carbocycles. The normalized spacial score (nSPS) is 16.3. The van der Waals surface area contributed by atoms with Crippen LogP contribution in [0.3, 0.4) is 0 Å². The number of nitriles is 1. The van der Waals surface area contributed by atoms with E-state index in [2.05, 4.69) is 16.0 Å². The first-order valence-corrected chi connectivity index (χ1v) is 6.00. The lowest BCUT2D eigenvalue weighted by Gasteiger charge is -2.22. The Morgan fingerprint density at radius 1 is 1.59 bits per heavy atom. The van der Waals surface area contributed by atoms with Gasteiger partial charge in [0.2, 0.25) is 0 Å². The number of aliphatic hydroxyl groups excluding tert-OH is 1. The van der Waals surface area contributed by atoms with Gasteiger partial charge in [-0.2, -0.15) is 5.26 Å². The van der Waals surface area contributed by atoms with Crippen molar-refractivity contribution in [2.24, 2.45) is 0 Å². The Morgan fingerprint density at radius 3 is 2.82 bits per heavy atom. The van der Waals surface area contributed by atoms with Crippen molar-refractivity contribution in [3.63, 3.8) is 0 Å². The summed E-state index contributed by atoms with van der Waals surface area (Å²) >= 11 is 0. The van der Waals surface area contributed by atoms with Crippen LogP contribution in [-0.4, -0.2) is 22.7 Å². The van der Waals surface area contributed by atoms with Gasteiger partial charge in [0.05, 0.1) is 18.6 Å². The van der Waals surface area contributed by atoms with Gasteiger partial charge in [-0.25, -0.2) is 4.98 Å². The number of nitrogens with zero attached hydrogens (tertiary/aromatic N) is 3. The van der Waals surface area contributed by atoms with Crippen molar-refractivity contribution in [1.29, 1.82) is 5.26 Å². The van der Waals surface area contributed by atoms with E-state index in [1.807, 2.05) is 12.1 Å². The molecule has 4 nitrogen and oxygen atoms in total. The van der Waals surface area contributed by atoms with Gasteiger partial charge < -0.3 is 10.0 Å². The molecule has 1 aliphatic rings. The molecule has 0 unspecified atom stereocenters. The van der Waals surface area contributed by atoms with Crippen LogP contribution in [0.25, 0.3) is 0 Å². The highest BCUT2D eigenvalue weighted by atomic mass is 16.3. The van der Waals surface area contributed by atoms with Crippen LogP contribution in [-0.2, 0) is 0 Å². The SMILES string of the molecule is C[C@@H](O)c1ccc(N(CCC#N)C2CC2)nc1. The summed E-state index contributed by atoms with van der Waals surface area (Å²) in [4.78, 5) is 6.56. The molecule has 1 aromatic heterocycles. The molecule has 1 N–H and O–H groups in total. The van der Waals surface area contributed by atoms with Crippen LogP contribution >= 0.6 is 0 Å². The smallest absolute Gasteiger partial charge is 0.128 e. The Morgan fingerprint density at radius 2 is 2.35 bits per heavy atom. The number of rotatable bonds is 5. The monoisotopic (exact) mass is 231 g/mol. The van der Waals surface area contributed by atoms with Crippen molar-refractivity contribution < 1.29 is 5.11 Å². The minimum Gasteiger partial charge on any atom is -0.389 e. The highest BCUT2D eigenvalue weighted by Crippen LogP contribution is 2.30. The predicted octanol–water partition coefficient (Wildman–Crippen LogP) is 2.02. The van der Waals surface area contributed by atoms with Crippen LogP contribution in [0.1, 0.15) is 37.9 Å². The van der Waals surface area contributed by atoms with Gasteiger partial charge in [-0.1, -0.05) is 6.07 Å². The van der Waals surface area contributed by atoms with Crippen LogP contribution in [0.2, 0.25) is 0 Å². The largest absolute Gasteiger partial charge is 0.389 e. The molecular formula is C13H17N3O. The Labute approximate surface area is 102 Å². The van der Waals surface area contributed by atoms with Gasteiger partial charge in [-0.15, -0.1) is 0 Å². The van der Waals surface area contributed by atoms with Crippen molar-refractivity contribution in [2.75, 3.05) is 11.4 Å². The second-order valence-electron chi connectivity index (χ2n) is 4.46. The third-order valence-electron chi connectivity index (χ3n) is 3.00. The molecule has 0 radical (unpaired) electrons. The van der Waals surface area contributed by atoms with Gasteiger partial charge in [0.1, 0.15) is 5.82 Å². The maximum atomic E-state index is 9.42. The zero-order valence-corrected chi connectivity index (χ0v) is 10.0. The third-order valence-corrected chi connectivity index (χ3v) is 3.00. The standard InChI is InChI=1S/C13H17N3O/c1-10(17)11-3-6-13(15-9-11)16(8-2-7-14)12-4-5-12/h3,6,9-10,12,17H,2,4-5,8H2,1H3/t10-/m1/s1. The molecule has 1 aromatic rings. The van der Waals surface area contributed by atoms with E-state index in [0.29, 0.717) is 12.5 Å². The van der Waals surface area contributed by atoms with E-state index in [-0.39, 0.29) is 0 Å². The minimum atomic E-state index is -0.481. The van der Waals surface area contributed by atoms with Crippen LogP contribution in [0, 0.1) is 11.3 Å². The molecule has 0 spiro atoms. The summed E-state index contributed by atoms with van der Waals surface area (Å²) in [6.07, 6.45) is 4.12. The number of hydrogen-bond donors (Lipinski definition) is 1. The van der Waals surface area contributed by atoms with Crippen molar-refractivity contribution in [3.05, 3.63) is 23.9 Å². The Bertz CT molecular complexity index is 404. The zero-order valence-electron chi connectivity index (χ0n) is 10.0. The summed E-state index contributed by atoms with van der Waals surface area (Å²) in [6, 6.07) is 6.55. The minimum absolute atomic E-state index is 0.481. The topological polar surface area (TPSA) is 60.1 Å². The fourth-order valence-corrected chi connectivity index (χ4v) is 1.86. The van der Waals surface area contributed by atoms with Crippen molar-refractivity contribution in [3.8, 4) is 6.07 Å². The van der Waals surface area contributed by atoms with Crippen LogP contribution in [0.4, 0.5) is 5.82 Å². The quantitative estimate of drug-likeness (QED) is 0.842. The van der Waals surface area contributed by atoms with Crippen molar-refractivity contribution >= 4 is 5.82 Å². The molecule has 0 aliphatic heterocycles. The molecule has 0 saturated heterocycles. The lowest BCUT2D eigenvalue weighted by molar-refractivity contribution is 0.199. The van der Waals surface area contributed by atoms with Gasteiger partial charge >= 0.3 is 0 Å². The maximum absolute atomic E-state index is 9.42. The molecule has 2 rings (SSSR count). The average molecular weight is 231 g/mol. The number of hydrogen-bond acceptors (Lipinski definition) is 4. The fraction of sp³-hybridized carbons (Fsp3) is 0.538. The second-order valence-corrected chi connectivity index (χ2v) is 4.46. The summed E-state index contributed by atoms with van der Waals surface area (Å²) in [5, 5.41) is 18.1. The fourth-order valence-electron chi connectivity index (χ4n) is 1.86.